The van der Waals surface area contributed by atoms with Gasteiger partial charge in [-0.1, -0.05) is 29.3 Å². The zero-order chi connectivity index (χ0) is 17.8. The molecule has 2 heterocycles. The molecule has 1 aromatic heterocycles. The largest absolute Gasteiger partial charge is 0.376 e. The summed E-state index contributed by atoms with van der Waals surface area (Å²) in [4.78, 5) is 18.7. The summed E-state index contributed by atoms with van der Waals surface area (Å²) in [7, 11) is 0. The number of ether oxygens (including phenoxy) is 1. The van der Waals surface area contributed by atoms with Gasteiger partial charge in [-0.3, -0.25) is 9.78 Å². The van der Waals surface area contributed by atoms with Crippen LogP contribution in [0.4, 0.5) is 4.39 Å². The van der Waals surface area contributed by atoms with E-state index in [0.29, 0.717) is 19.7 Å². The van der Waals surface area contributed by atoms with E-state index in [-0.39, 0.29) is 27.6 Å². The van der Waals surface area contributed by atoms with E-state index in [0.717, 1.165) is 24.5 Å². The highest BCUT2D eigenvalue weighted by atomic mass is 35.5. The fraction of sp³-hybridized carbons (Fsp3) is 0.333. The van der Waals surface area contributed by atoms with E-state index in [1.54, 1.807) is 23.4 Å². The SMILES string of the molecule is O=C(c1cc(F)c(Cl)cc1Cl)N(Cc1cccnc1)CC1CCCO1. The molecule has 2 aromatic rings. The molecule has 1 amide bonds. The van der Waals surface area contributed by atoms with E-state index >= 15 is 0 Å². The number of pyridine rings is 1. The Balaban J connectivity index is 1.86. The van der Waals surface area contributed by atoms with Gasteiger partial charge in [-0.2, -0.15) is 0 Å². The third-order valence-corrected chi connectivity index (χ3v) is 4.67. The van der Waals surface area contributed by atoms with Crippen LogP contribution in [0.25, 0.3) is 0 Å². The second kappa shape index (κ2) is 8.13. The van der Waals surface area contributed by atoms with E-state index in [1.807, 2.05) is 6.07 Å². The summed E-state index contributed by atoms with van der Waals surface area (Å²) < 4.78 is 19.5. The number of halogens is 3. The first-order valence-electron chi connectivity index (χ1n) is 7.99. The molecule has 1 aromatic carbocycles. The van der Waals surface area contributed by atoms with Crippen LogP contribution in [0, 0.1) is 5.82 Å². The third kappa shape index (κ3) is 4.48. The Labute approximate surface area is 155 Å². The molecule has 25 heavy (non-hydrogen) atoms. The summed E-state index contributed by atoms with van der Waals surface area (Å²) in [6.45, 7) is 1.44. The molecule has 0 N–H and O–H groups in total. The molecule has 1 aliphatic heterocycles. The van der Waals surface area contributed by atoms with Gasteiger partial charge < -0.3 is 9.64 Å². The monoisotopic (exact) mass is 382 g/mol. The topological polar surface area (TPSA) is 42.4 Å². The summed E-state index contributed by atoms with van der Waals surface area (Å²) in [6.07, 6.45) is 5.19. The molecular formula is C18H17Cl2FN2O2. The van der Waals surface area contributed by atoms with Crippen molar-refractivity contribution in [3.63, 3.8) is 0 Å². The Hall–Kier alpha value is -1.69. The lowest BCUT2D eigenvalue weighted by atomic mass is 10.1. The fourth-order valence-corrected chi connectivity index (χ4v) is 3.29. The van der Waals surface area contributed by atoms with Gasteiger partial charge >= 0.3 is 0 Å². The number of amides is 1. The van der Waals surface area contributed by atoms with Gasteiger partial charge in [0.05, 0.1) is 21.7 Å². The smallest absolute Gasteiger partial charge is 0.255 e. The number of aromatic nitrogens is 1. The Bertz CT molecular complexity index is 752. The molecule has 3 rings (SSSR count). The van der Waals surface area contributed by atoms with Crippen LogP contribution in [-0.4, -0.2) is 35.0 Å². The van der Waals surface area contributed by atoms with E-state index in [2.05, 4.69) is 4.98 Å². The standard InChI is InChI=1S/C18H17Cl2FN2O2/c19-15-8-16(20)17(21)7-14(15)18(24)23(11-13-4-2-6-25-13)10-12-3-1-5-22-9-12/h1,3,5,7-9,13H,2,4,6,10-11H2. The zero-order valence-electron chi connectivity index (χ0n) is 13.4. The van der Waals surface area contributed by atoms with Crippen LogP contribution in [0.1, 0.15) is 28.8 Å². The Morgan fingerprint density at radius 1 is 1.36 bits per heavy atom. The van der Waals surface area contributed by atoms with Crippen LogP contribution in [-0.2, 0) is 11.3 Å². The maximum Gasteiger partial charge on any atom is 0.255 e. The predicted molar refractivity (Wildman–Crippen MR) is 94.4 cm³/mol. The molecule has 0 radical (unpaired) electrons. The highest BCUT2D eigenvalue weighted by Crippen LogP contribution is 2.26. The highest BCUT2D eigenvalue weighted by molar-refractivity contribution is 6.36. The maximum absolute atomic E-state index is 13.8. The highest BCUT2D eigenvalue weighted by Gasteiger charge is 2.25. The van der Waals surface area contributed by atoms with E-state index in [9.17, 15) is 9.18 Å². The minimum atomic E-state index is -0.673. The number of hydrogen-bond acceptors (Lipinski definition) is 3. The minimum absolute atomic E-state index is 0.0310. The Morgan fingerprint density at radius 3 is 2.88 bits per heavy atom. The van der Waals surface area contributed by atoms with Gasteiger partial charge in [0.25, 0.3) is 5.91 Å². The van der Waals surface area contributed by atoms with Crippen molar-refractivity contribution in [3.8, 4) is 0 Å². The lowest BCUT2D eigenvalue weighted by molar-refractivity contribution is 0.0507. The maximum atomic E-state index is 13.8. The van der Waals surface area contributed by atoms with Crippen molar-refractivity contribution < 1.29 is 13.9 Å². The molecule has 0 aliphatic carbocycles. The normalized spacial score (nSPS) is 16.8. The van der Waals surface area contributed by atoms with Crippen LogP contribution >= 0.6 is 23.2 Å². The first kappa shape index (κ1) is 18.1. The van der Waals surface area contributed by atoms with Crippen molar-refractivity contribution in [2.75, 3.05) is 13.2 Å². The molecule has 132 valence electrons. The molecular weight excluding hydrogens is 366 g/mol. The molecule has 7 heteroatoms. The van der Waals surface area contributed by atoms with Gasteiger partial charge in [-0.25, -0.2) is 4.39 Å². The first-order chi connectivity index (χ1) is 12.0. The molecule has 0 spiro atoms. The predicted octanol–water partition coefficient (Wildman–Crippen LogP) is 4.35. The van der Waals surface area contributed by atoms with Crippen LogP contribution < -0.4 is 0 Å². The number of nitrogens with zero attached hydrogens (tertiary/aromatic N) is 2. The summed E-state index contributed by atoms with van der Waals surface area (Å²) in [5, 5.41) is 0.0133. The van der Waals surface area contributed by atoms with Crippen LogP contribution in [0.2, 0.25) is 10.0 Å². The van der Waals surface area contributed by atoms with Gasteiger partial charge in [0.2, 0.25) is 0 Å². The molecule has 1 saturated heterocycles. The molecule has 1 aliphatic rings. The van der Waals surface area contributed by atoms with E-state index < -0.39 is 5.82 Å². The second-order valence-electron chi connectivity index (χ2n) is 5.93. The van der Waals surface area contributed by atoms with Crippen molar-refractivity contribution in [2.24, 2.45) is 0 Å². The first-order valence-corrected chi connectivity index (χ1v) is 8.74. The molecule has 0 saturated carbocycles. The number of carbonyl (C=O) groups is 1. The summed E-state index contributed by atoms with van der Waals surface area (Å²) in [5.74, 6) is -1.03. The third-order valence-electron chi connectivity index (χ3n) is 4.07. The van der Waals surface area contributed by atoms with Crippen molar-refractivity contribution in [3.05, 3.63) is 63.6 Å². The van der Waals surface area contributed by atoms with Crippen molar-refractivity contribution in [1.82, 2.24) is 9.88 Å². The van der Waals surface area contributed by atoms with Crippen LogP contribution in [0.5, 0.6) is 0 Å². The van der Waals surface area contributed by atoms with E-state index in [4.69, 9.17) is 27.9 Å². The molecule has 1 atom stereocenters. The quantitative estimate of drug-likeness (QED) is 0.721. The minimum Gasteiger partial charge on any atom is -0.376 e. The number of hydrogen-bond donors (Lipinski definition) is 0. The average molecular weight is 383 g/mol. The number of benzene rings is 1. The molecule has 0 bridgehead atoms. The zero-order valence-corrected chi connectivity index (χ0v) is 14.9. The van der Waals surface area contributed by atoms with Crippen molar-refractivity contribution in [2.45, 2.75) is 25.5 Å². The summed E-state index contributed by atoms with van der Waals surface area (Å²) in [5.41, 5.74) is 0.963. The number of carbonyl (C=O) groups excluding carboxylic acids is 1. The van der Waals surface area contributed by atoms with E-state index in [1.165, 1.54) is 6.07 Å². The van der Waals surface area contributed by atoms with Crippen LogP contribution in [0.3, 0.4) is 0 Å². The van der Waals surface area contributed by atoms with Gasteiger partial charge in [-0.05, 0) is 36.6 Å². The molecule has 1 unspecified atom stereocenters. The number of rotatable bonds is 5. The summed E-state index contributed by atoms with van der Waals surface area (Å²) in [6, 6.07) is 6.02. The Kier molecular flexibility index (Phi) is 5.89. The lowest BCUT2D eigenvalue weighted by Gasteiger charge is -2.26. The van der Waals surface area contributed by atoms with Gasteiger partial charge in [-0.15, -0.1) is 0 Å². The average Bonchev–Trinajstić information content (AvgIpc) is 3.11. The molecule has 4 nitrogen and oxygen atoms in total. The summed E-state index contributed by atoms with van der Waals surface area (Å²) >= 11 is 11.8. The fourth-order valence-electron chi connectivity index (χ4n) is 2.82. The Morgan fingerprint density at radius 2 is 2.20 bits per heavy atom. The lowest BCUT2D eigenvalue weighted by Crippen LogP contribution is -2.37. The van der Waals surface area contributed by atoms with Gasteiger partial charge in [0.1, 0.15) is 5.82 Å². The van der Waals surface area contributed by atoms with Gasteiger partial charge in [0, 0.05) is 32.1 Å². The van der Waals surface area contributed by atoms with Gasteiger partial charge in [0.15, 0.2) is 0 Å². The second-order valence-corrected chi connectivity index (χ2v) is 6.74. The van der Waals surface area contributed by atoms with Crippen molar-refractivity contribution >= 4 is 29.1 Å². The van der Waals surface area contributed by atoms with Crippen molar-refractivity contribution in [1.29, 1.82) is 0 Å². The molecule has 1 fully saturated rings. The van der Waals surface area contributed by atoms with Crippen LogP contribution in [0.15, 0.2) is 36.7 Å².